The molecule has 0 radical (unpaired) electrons. The van der Waals surface area contributed by atoms with E-state index >= 15 is 0 Å². The Morgan fingerprint density at radius 2 is 2.12 bits per heavy atom. The third kappa shape index (κ3) is 4.50. The van der Waals surface area contributed by atoms with Gasteiger partial charge in [0.1, 0.15) is 18.5 Å². The zero-order valence-corrected chi connectivity index (χ0v) is 13.9. The zero-order valence-electron chi connectivity index (χ0n) is 13.9. The molecule has 24 heavy (non-hydrogen) atoms. The lowest BCUT2D eigenvalue weighted by Crippen LogP contribution is -2.32. The van der Waals surface area contributed by atoms with Crippen molar-refractivity contribution in [2.75, 3.05) is 33.4 Å². The van der Waals surface area contributed by atoms with E-state index in [-0.39, 0.29) is 12.7 Å². The largest absolute Gasteiger partial charge is 0.491 e. The number of aliphatic hydroxyl groups excluding tert-OH is 1. The monoisotopic (exact) mass is 329 g/mol. The van der Waals surface area contributed by atoms with Crippen LogP contribution in [-0.2, 0) is 11.3 Å². The van der Waals surface area contributed by atoms with E-state index in [4.69, 9.17) is 14.6 Å². The lowest BCUT2D eigenvalue weighted by atomic mass is 10.2. The van der Waals surface area contributed by atoms with E-state index in [1.807, 2.05) is 24.3 Å². The van der Waals surface area contributed by atoms with Crippen LogP contribution in [0.15, 0.2) is 36.5 Å². The van der Waals surface area contributed by atoms with Gasteiger partial charge in [-0.3, -0.25) is 0 Å². The van der Waals surface area contributed by atoms with Crippen molar-refractivity contribution in [3.8, 4) is 17.1 Å². The van der Waals surface area contributed by atoms with E-state index in [9.17, 15) is 0 Å². The lowest BCUT2D eigenvalue weighted by Gasteiger charge is -2.20. The minimum absolute atomic E-state index is 0.0907. The first-order valence-electron chi connectivity index (χ1n) is 8.21. The highest BCUT2D eigenvalue weighted by Crippen LogP contribution is 2.20. The maximum atomic E-state index is 9.16. The molecule has 2 aromatic rings. The second kappa shape index (κ2) is 8.19. The molecule has 1 aromatic carbocycles. The molecule has 6 nitrogen and oxygen atoms in total. The second-order valence-corrected chi connectivity index (χ2v) is 5.97. The quantitative estimate of drug-likeness (QED) is 0.901. The number of likely N-dealkylation sites (N-methyl/N-ethyl adjacent to an activating group) is 1. The Morgan fingerprint density at radius 1 is 1.29 bits per heavy atom. The average Bonchev–Trinajstić information content (AvgIpc) is 2.84. The normalized spacial score (nSPS) is 19.0. The number of benzene rings is 1. The van der Waals surface area contributed by atoms with Crippen molar-refractivity contribution in [2.45, 2.75) is 19.1 Å². The number of ether oxygens (including phenoxy) is 2. The highest BCUT2D eigenvalue weighted by atomic mass is 16.5. The van der Waals surface area contributed by atoms with E-state index in [2.05, 4.69) is 21.9 Å². The summed E-state index contributed by atoms with van der Waals surface area (Å²) in [5.41, 5.74) is 1.50. The Labute approximate surface area is 142 Å². The molecular weight excluding hydrogens is 306 g/mol. The average molecular weight is 329 g/mol. The fourth-order valence-electron chi connectivity index (χ4n) is 2.69. The second-order valence-electron chi connectivity index (χ2n) is 5.97. The van der Waals surface area contributed by atoms with Gasteiger partial charge in [0, 0.05) is 31.5 Å². The Hall–Kier alpha value is -2.02. The third-order valence-electron chi connectivity index (χ3n) is 3.98. The molecule has 0 spiro atoms. The number of hydrogen-bond acceptors (Lipinski definition) is 6. The van der Waals surface area contributed by atoms with Crippen molar-refractivity contribution in [3.05, 3.63) is 42.2 Å². The summed E-state index contributed by atoms with van der Waals surface area (Å²) in [6.07, 6.45) is 2.81. The molecule has 1 fully saturated rings. The number of hydrogen-bond donors (Lipinski definition) is 1. The summed E-state index contributed by atoms with van der Waals surface area (Å²) in [4.78, 5) is 10.8. The SMILES string of the molecule is CN1CCCO[C@H](COc2ccc(-c3nccc(CO)n3)cc2)C1. The van der Waals surface area contributed by atoms with Gasteiger partial charge in [0.15, 0.2) is 5.82 Å². The summed E-state index contributed by atoms with van der Waals surface area (Å²) in [5.74, 6) is 1.40. The zero-order chi connectivity index (χ0) is 16.8. The van der Waals surface area contributed by atoms with Crippen molar-refractivity contribution in [2.24, 2.45) is 0 Å². The molecule has 1 atom stereocenters. The topological polar surface area (TPSA) is 67.7 Å². The smallest absolute Gasteiger partial charge is 0.159 e. The highest BCUT2D eigenvalue weighted by molar-refractivity contribution is 5.56. The number of nitrogens with zero attached hydrogens (tertiary/aromatic N) is 3. The predicted molar refractivity (Wildman–Crippen MR) is 90.7 cm³/mol. The molecule has 1 aliphatic rings. The molecule has 1 aromatic heterocycles. The van der Waals surface area contributed by atoms with Gasteiger partial charge in [-0.05, 0) is 43.8 Å². The molecule has 1 N–H and O–H groups in total. The highest BCUT2D eigenvalue weighted by Gasteiger charge is 2.16. The van der Waals surface area contributed by atoms with E-state index in [1.54, 1.807) is 12.3 Å². The van der Waals surface area contributed by atoms with Crippen LogP contribution in [0.25, 0.3) is 11.4 Å². The molecule has 0 bridgehead atoms. The molecule has 2 heterocycles. The van der Waals surface area contributed by atoms with E-state index in [1.165, 1.54) is 0 Å². The molecule has 1 aliphatic heterocycles. The van der Waals surface area contributed by atoms with Crippen LogP contribution in [0.5, 0.6) is 5.75 Å². The first kappa shape index (κ1) is 16.8. The fraction of sp³-hybridized carbons (Fsp3) is 0.444. The standard InChI is InChI=1S/C18H23N3O3/c1-21-9-2-10-23-17(11-21)13-24-16-5-3-14(4-6-16)18-19-8-7-15(12-22)20-18/h3-8,17,22H,2,9-13H2,1H3/t17-/m0/s1. The van der Waals surface area contributed by atoms with Gasteiger partial charge in [0.05, 0.1) is 12.3 Å². The Kier molecular flexibility index (Phi) is 5.74. The number of aromatic nitrogens is 2. The summed E-state index contributed by atoms with van der Waals surface area (Å²) >= 11 is 0. The Bertz CT molecular complexity index is 648. The van der Waals surface area contributed by atoms with E-state index in [0.717, 1.165) is 37.4 Å². The first-order valence-corrected chi connectivity index (χ1v) is 8.21. The molecule has 3 rings (SSSR count). The molecule has 6 heteroatoms. The lowest BCUT2D eigenvalue weighted by molar-refractivity contribution is 0.0234. The van der Waals surface area contributed by atoms with Crippen LogP contribution < -0.4 is 4.74 Å². The van der Waals surface area contributed by atoms with Crippen LogP contribution >= 0.6 is 0 Å². The van der Waals surface area contributed by atoms with Crippen LogP contribution in [-0.4, -0.2) is 59.4 Å². The van der Waals surface area contributed by atoms with Gasteiger partial charge in [-0.15, -0.1) is 0 Å². The van der Waals surface area contributed by atoms with Crippen LogP contribution in [0.3, 0.4) is 0 Å². The minimum atomic E-state index is -0.0907. The number of aliphatic hydroxyl groups is 1. The van der Waals surface area contributed by atoms with Crippen molar-refractivity contribution < 1.29 is 14.6 Å². The Morgan fingerprint density at radius 3 is 2.92 bits per heavy atom. The molecule has 0 unspecified atom stereocenters. The summed E-state index contributed by atoms with van der Waals surface area (Å²) in [7, 11) is 2.11. The van der Waals surface area contributed by atoms with Crippen LogP contribution in [0, 0.1) is 0 Å². The summed E-state index contributed by atoms with van der Waals surface area (Å²) < 4.78 is 11.7. The molecule has 0 amide bonds. The maximum Gasteiger partial charge on any atom is 0.159 e. The minimum Gasteiger partial charge on any atom is -0.491 e. The number of rotatable bonds is 5. The molecule has 0 aliphatic carbocycles. The maximum absolute atomic E-state index is 9.16. The van der Waals surface area contributed by atoms with Crippen LogP contribution in [0.2, 0.25) is 0 Å². The predicted octanol–water partition coefficient (Wildman–Crippen LogP) is 1.74. The molecule has 128 valence electrons. The summed E-state index contributed by atoms with van der Waals surface area (Å²) in [6.45, 7) is 3.19. The Balaban J connectivity index is 1.60. The van der Waals surface area contributed by atoms with Gasteiger partial charge in [-0.1, -0.05) is 0 Å². The molecule has 0 saturated carbocycles. The van der Waals surface area contributed by atoms with Gasteiger partial charge >= 0.3 is 0 Å². The van der Waals surface area contributed by atoms with Gasteiger partial charge in [-0.2, -0.15) is 0 Å². The first-order chi connectivity index (χ1) is 11.7. The van der Waals surface area contributed by atoms with E-state index < -0.39 is 0 Å². The van der Waals surface area contributed by atoms with Crippen LogP contribution in [0.4, 0.5) is 0 Å². The van der Waals surface area contributed by atoms with E-state index in [0.29, 0.717) is 18.1 Å². The van der Waals surface area contributed by atoms with Crippen LogP contribution in [0.1, 0.15) is 12.1 Å². The van der Waals surface area contributed by atoms with Gasteiger partial charge in [0.25, 0.3) is 0 Å². The van der Waals surface area contributed by atoms with Crippen molar-refractivity contribution in [1.29, 1.82) is 0 Å². The van der Waals surface area contributed by atoms with Crippen molar-refractivity contribution in [3.63, 3.8) is 0 Å². The van der Waals surface area contributed by atoms with Gasteiger partial charge in [-0.25, -0.2) is 9.97 Å². The third-order valence-corrected chi connectivity index (χ3v) is 3.98. The van der Waals surface area contributed by atoms with Gasteiger partial charge in [0.2, 0.25) is 0 Å². The molecular formula is C18H23N3O3. The fourth-order valence-corrected chi connectivity index (χ4v) is 2.69. The summed E-state index contributed by atoms with van der Waals surface area (Å²) in [6, 6.07) is 9.36. The molecule has 1 saturated heterocycles. The van der Waals surface area contributed by atoms with Gasteiger partial charge < -0.3 is 19.5 Å². The summed E-state index contributed by atoms with van der Waals surface area (Å²) in [5, 5.41) is 9.16. The van der Waals surface area contributed by atoms with Crippen molar-refractivity contribution >= 4 is 0 Å². The van der Waals surface area contributed by atoms with Crippen molar-refractivity contribution in [1.82, 2.24) is 14.9 Å².